The number of carboxylic acid groups (broad SMARTS) is 1. The number of carbonyl (C=O) groups is 1. The number of aliphatic carboxylic acids is 1. The fourth-order valence-electron chi connectivity index (χ4n) is 2.56. The summed E-state index contributed by atoms with van der Waals surface area (Å²) < 4.78 is 1.49. The Kier molecular flexibility index (Phi) is 3.14. The van der Waals surface area contributed by atoms with Crippen LogP contribution in [0.25, 0.3) is 5.65 Å². The second-order valence-electron chi connectivity index (χ2n) is 4.98. The molecule has 0 saturated carbocycles. The molecule has 0 unspecified atom stereocenters. The second kappa shape index (κ2) is 4.96. The minimum Gasteiger partial charge on any atom is -0.481 e. The molecule has 3 heterocycles. The highest BCUT2D eigenvalue weighted by Gasteiger charge is 2.25. The molecule has 0 aliphatic carbocycles. The van der Waals surface area contributed by atoms with Crippen molar-refractivity contribution in [2.45, 2.75) is 12.8 Å². The SMILES string of the molecule is O=C(O)C1CCN(c2cc(=O)n3ccccc3n2)CC1. The van der Waals surface area contributed by atoms with Crippen LogP contribution in [0.5, 0.6) is 0 Å². The number of pyridine rings is 1. The zero-order valence-electron chi connectivity index (χ0n) is 10.9. The van der Waals surface area contributed by atoms with E-state index in [2.05, 4.69) is 4.98 Å². The monoisotopic (exact) mass is 273 g/mol. The largest absolute Gasteiger partial charge is 0.481 e. The summed E-state index contributed by atoms with van der Waals surface area (Å²) in [6.45, 7) is 1.23. The van der Waals surface area contributed by atoms with Gasteiger partial charge in [0, 0.05) is 25.4 Å². The minimum absolute atomic E-state index is 0.119. The van der Waals surface area contributed by atoms with Crippen molar-refractivity contribution in [3.63, 3.8) is 0 Å². The van der Waals surface area contributed by atoms with Crippen molar-refractivity contribution in [2.24, 2.45) is 5.92 Å². The van der Waals surface area contributed by atoms with Crippen LogP contribution in [-0.4, -0.2) is 33.6 Å². The van der Waals surface area contributed by atoms with Crippen LogP contribution in [0.15, 0.2) is 35.3 Å². The van der Waals surface area contributed by atoms with Gasteiger partial charge in [0.15, 0.2) is 0 Å². The average molecular weight is 273 g/mol. The molecular weight excluding hydrogens is 258 g/mol. The summed E-state index contributed by atoms with van der Waals surface area (Å²) in [5.41, 5.74) is 0.487. The first kappa shape index (κ1) is 12.7. The predicted octanol–water partition coefficient (Wildman–Crippen LogP) is 0.995. The number of piperidine rings is 1. The van der Waals surface area contributed by atoms with E-state index in [4.69, 9.17) is 5.11 Å². The molecule has 1 fully saturated rings. The number of hydrogen-bond donors (Lipinski definition) is 1. The second-order valence-corrected chi connectivity index (χ2v) is 4.98. The Morgan fingerprint density at radius 1 is 1.30 bits per heavy atom. The van der Waals surface area contributed by atoms with Gasteiger partial charge in [0.2, 0.25) is 0 Å². The molecule has 1 aliphatic heterocycles. The van der Waals surface area contributed by atoms with Gasteiger partial charge in [-0.25, -0.2) is 4.98 Å². The molecule has 2 aromatic heterocycles. The molecule has 2 aromatic rings. The van der Waals surface area contributed by atoms with E-state index in [-0.39, 0.29) is 11.5 Å². The summed E-state index contributed by atoms with van der Waals surface area (Å²) in [4.78, 5) is 29.4. The summed E-state index contributed by atoms with van der Waals surface area (Å²) in [6.07, 6.45) is 2.86. The van der Waals surface area contributed by atoms with E-state index in [1.54, 1.807) is 18.3 Å². The number of aromatic nitrogens is 2. The van der Waals surface area contributed by atoms with Crippen LogP contribution in [-0.2, 0) is 4.79 Å². The highest BCUT2D eigenvalue weighted by Crippen LogP contribution is 2.21. The standard InChI is InChI=1S/C14H15N3O3/c18-13-9-12(15-11-3-1-2-6-17(11)13)16-7-4-10(5-8-16)14(19)20/h1-3,6,9-10H,4-5,7-8H2,(H,19,20). The maximum Gasteiger partial charge on any atom is 0.306 e. The molecule has 104 valence electrons. The average Bonchev–Trinajstić information content (AvgIpc) is 2.47. The van der Waals surface area contributed by atoms with Crippen LogP contribution in [0.1, 0.15) is 12.8 Å². The van der Waals surface area contributed by atoms with Gasteiger partial charge in [0.05, 0.1) is 5.92 Å². The Bertz CT molecular complexity index is 702. The molecular formula is C14H15N3O3. The Balaban J connectivity index is 1.88. The van der Waals surface area contributed by atoms with Crippen molar-refractivity contribution in [1.82, 2.24) is 9.38 Å². The minimum atomic E-state index is -0.740. The van der Waals surface area contributed by atoms with Gasteiger partial charge >= 0.3 is 5.97 Å². The normalized spacial score (nSPS) is 16.5. The van der Waals surface area contributed by atoms with E-state index in [9.17, 15) is 9.59 Å². The Morgan fingerprint density at radius 3 is 2.75 bits per heavy atom. The maximum atomic E-state index is 12.0. The summed E-state index contributed by atoms with van der Waals surface area (Å²) in [7, 11) is 0. The number of fused-ring (bicyclic) bond motifs is 1. The zero-order chi connectivity index (χ0) is 14.1. The van der Waals surface area contributed by atoms with Crippen molar-refractivity contribution >= 4 is 17.4 Å². The number of anilines is 1. The molecule has 3 rings (SSSR count). The smallest absolute Gasteiger partial charge is 0.306 e. The lowest BCUT2D eigenvalue weighted by atomic mass is 9.97. The lowest BCUT2D eigenvalue weighted by molar-refractivity contribution is -0.142. The van der Waals surface area contributed by atoms with Crippen LogP contribution >= 0.6 is 0 Å². The highest BCUT2D eigenvalue weighted by atomic mass is 16.4. The predicted molar refractivity (Wildman–Crippen MR) is 74.0 cm³/mol. The fourth-order valence-corrected chi connectivity index (χ4v) is 2.56. The summed E-state index contributed by atoms with van der Waals surface area (Å²) >= 11 is 0. The molecule has 1 N–H and O–H groups in total. The molecule has 0 bridgehead atoms. The van der Waals surface area contributed by atoms with E-state index in [1.165, 1.54) is 10.5 Å². The number of carboxylic acids is 1. The van der Waals surface area contributed by atoms with Crippen LogP contribution in [0, 0.1) is 5.92 Å². The van der Waals surface area contributed by atoms with Gasteiger partial charge in [0.25, 0.3) is 5.56 Å². The van der Waals surface area contributed by atoms with Gasteiger partial charge in [-0.05, 0) is 25.0 Å². The quantitative estimate of drug-likeness (QED) is 0.883. The van der Waals surface area contributed by atoms with E-state index >= 15 is 0 Å². The van der Waals surface area contributed by atoms with E-state index in [0.29, 0.717) is 37.4 Å². The first-order valence-electron chi connectivity index (χ1n) is 6.61. The Labute approximate surface area is 115 Å². The van der Waals surface area contributed by atoms with Gasteiger partial charge < -0.3 is 10.0 Å². The van der Waals surface area contributed by atoms with Crippen molar-refractivity contribution < 1.29 is 9.90 Å². The van der Waals surface area contributed by atoms with E-state index < -0.39 is 5.97 Å². The zero-order valence-corrected chi connectivity index (χ0v) is 10.9. The van der Waals surface area contributed by atoms with Gasteiger partial charge in [-0.3, -0.25) is 14.0 Å². The highest BCUT2D eigenvalue weighted by molar-refractivity contribution is 5.70. The topological polar surface area (TPSA) is 74.9 Å². The van der Waals surface area contributed by atoms with Crippen LogP contribution in [0.2, 0.25) is 0 Å². The first-order chi connectivity index (χ1) is 9.65. The summed E-state index contributed by atoms with van der Waals surface area (Å²) in [5.74, 6) is -0.394. The molecule has 1 saturated heterocycles. The fraction of sp³-hybridized carbons (Fsp3) is 0.357. The van der Waals surface area contributed by atoms with Gasteiger partial charge in [-0.15, -0.1) is 0 Å². The molecule has 20 heavy (non-hydrogen) atoms. The van der Waals surface area contributed by atoms with E-state index in [0.717, 1.165) is 0 Å². The number of rotatable bonds is 2. The molecule has 0 atom stereocenters. The summed E-state index contributed by atoms with van der Waals surface area (Å²) in [6, 6.07) is 6.92. The molecule has 0 aromatic carbocycles. The van der Waals surface area contributed by atoms with Crippen LogP contribution in [0.4, 0.5) is 5.82 Å². The molecule has 0 amide bonds. The molecule has 6 nitrogen and oxygen atoms in total. The van der Waals surface area contributed by atoms with Gasteiger partial charge in [0.1, 0.15) is 11.5 Å². The van der Waals surface area contributed by atoms with Crippen molar-refractivity contribution in [1.29, 1.82) is 0 Å². The van der Waals surface area contributed by atoms with Gasteiger partial charge in [-0.2, -0.15) is 0 Å². The van der Waals surface area contributed by atoms with E-state index in [1.807, 2.05) is 11.0 Å². The third kappa shape index (κ3) is 2.24. The molecule has 0 spiro atoms. The van der Waals surface area contributed by atoms with Gasteiger partial charge in [-0.1, -0.05) is 6.07 Å². The van der Waals surface area contributed by atoms with Crippen molar-refractivity contribution in [3.05, 3.63) is 40.8 Å². The third-order valence-corrected chi connectivity index (χ3v) is 3.73. The summed E-state index contributed by atoms with van der Waals surface area (Å²) in [5, 5.41) is 8.99. The van der Waals surface area contributed by atoms with Crippen molar-refractivity contribution in [3.8, 4) is 0 Å². The molecule has 6 heteroatoms. The van der Waals surface area contributed by atoms with Crippen molar-refractivity contribution in [2.75, 3.05) is 18.0 Å². The molecule has 0 radical (unpaired) electrons. The lowest BCUT2D eigenvalue weighted by Crippen LogP contribution is -2.37. The Hall–Kier alpha value is -2.37. The lowest BCUT2D eigenvalue weighted by Gasteiger charge is -2.30. The number of nitrogens with zero attached hydrogens (tertiary/aromatic N) is 3. The first-order valence-corrected chi connectivity index (χ1v) is 6.61. The maximum absolute atomic E-state index is 12.0. The Morgan fingerprint density at radius 2 is 2.05 bits per heavy atom. The van der Waals surface area contributed by atoms with Crippen LogP contribution in [0.3, 0.4) is 0 Å². The number of hydrogen-bond acceptors (Lipinski definition) is 4. The molecule has 1 aliphatic rings. The third-order valence-electron chi connectivity index (χ3n) is 3.73. The van der Waals surface area contributed by atoms with Crippen LogP contribution < -0.4 is 10.5 Å².